The molecule has 0 aliphatic carbocycles. The van der Waals surface area contributed by atoms with Gasteiger partial charge in [0.25, 0.3) is 0 Å². The lowest BCUT2D eigenvalue weighted by Crippen LogP contribution is -2.38. The van der Waals surface area contributed by atoms with E-state index in [9.17, 15) is 4.79 Å². The zero-order chi connectivity index (χ0) is 9.68. The zero-order valence-corrected chi connectivity index (χ0v) is 8.51. The Morgan fingerprint density at radius 3 is 2.62 bits per heavy atom. The maximum Gasteiger partial charge on any atom is 0.149 e. The molecule has 0 amide bonds. The largest absolute Gasteiger partial charge is 0.381 e. The highest BCUT2D eigenvalue weighted by Gasteiger charge is 2.15. The van der Waals surface area contributed by atoms with Crippen LogP contribution in [0.25, 0.3) is 0 Å². The molecule has 0 bridgehead atoms. The predicted octanol–water partition coefficient (Wildman–Crippen LogP) is 0.980. The first-order chi connectivity index (χ1) is 6.20. The number of hydrogen-bond donors (Lipinski definition) is 1. The molecular formula is C10H19NO2. The Bertz CT molecular complexity index is 162. The number of ether oxygens (including phenoxy) is 1. The Balaban J connectivity index is 2.13. The van der Waals surface area contributed by atoms with Gasteiger partial charge in [0.1, 0.15) is 5.78 Å². The minimum absolute atomic E-state index is 0.146. The Morgan fingerprint density at radius 1 is 1.46 bits per heavy atom. The standard InChI is InChI=1S/C10H19NO2/c1-8(2)10(12)7-11-9-3-5-13-6-4-9/h8-9,11H,3-7H2,1-2H3. The van der Waals surface area contributed by atoms with E-state index in [1.54, 1.807) is 0 Å². The van der Waals surface area contributed by atoms with Gasteiger partial charge in [-0.05, 0) is 12.8 Å². The van der Waals surface area contributed by atoms with E-state index in [0.717, 1.165) is 26.1 Å². The van der Waals surface area contributed by atoms with E-state index in [0.29, 0.717) is 18.4 Å². The summed E-state index contributed by atoms with van der Waals surface area (Å²) in [6, 6.07) is 0.483. The molecule has 1 heterocycles. The summed E-state index contributed by atoms with van der Waals surface area (Å²) in [7, 11) is 0. The molecule has 13 heavy (non-hydrogen) atoms. The number of rotatable bonds is 4. The molecule has 1 aliphatic heterocycles. The summed E-state index contributed by atoms with van der Waals surface area (Å²) in [4.78, 5) is 11.3. The fourth-order valence-corrected chi connectivity index (χ4v) is 1.35. The first-order valence-electron chi connectivity index (χ1n) is 5.04. The molecule has 0 aromatic rings. The highest BCUT2D eigenvalue weighted by Crippen LogP contribution is 2.06. The van der Waals surface area contributed by atoms with Gasteiger partial charge >= 0.3 is 0 Å². The van der Waals surface area contributed by atoms with E-state index in [1.165, 1.54) is 0 Å². The Kier molecular flexibility index (Phi) is 4.39. The van der Waals surface area contributed by atoms with Crippen molar-refractivity contribution in [3.05, 3.63) is 0 Å². The van der Waals surface area contributed by atoms with Gasteiger partial charge in [0, 0.05) is 25.2 Å². The smallest absolute Gasteiger partial charge is 0.149 e. The number of nitrogens with one attached hydrogen (secondary N) is 1. The molecule has 1 aliphatic rings. The van der Waals surface area contributed by atoms with Gasteiger partial charge in [0.2, 0.25) is 0 Å². The molecule has 1 saturated heterocycles. The molecule has 1 N–H and O–H groups in total. The summed E-state index contributed by atoms with van der Waals surface area (Å²) >= 11 is 0. The van der Waals surface area contributed by atoms with Gasteiger partial charge in [-0.25, -0.2) is 0 Å². The van der Waals surface area contributed by atoms with Gasteiger partial charge in [-0.2, -0.15) is 0 Å². The third kappa shape index (κ3) is 3.87. The van der Waals surface area contributed by atoms with Gasteiger partial charge in [0.05, 0.1) is 6.54 Å². The van der Waals surface area contributed by atoms with Gasteiger partial charge in [-0.15, -0.1) is 0 Å². The average Bonchev–Trinajstić information content (AvgIpc) is 2.15. The summed E-state index contributed by atoms with van der Waals surface area (Å²) in [5, 5.41) is 3.27. The molecular weight excluding hydrogens is 166 g/mol. The highest BCUT2D eigenvalue weighted by molar-refractivity contribution is 5.82. The normalized spacial score (nSPS) is 19.3. The van der Waals surface area contributed by atoms with Crippen molar-refractivity contribution in [2.45, 2.75) is 32.7 Å². The number of hydrogen-bond acceptors (Lipinski definition) is 3. The zero-order valence-electron chi connectivity index (χ0n) is 8.51. The molecule has 3 nitrogen and oxygen atoms in total. The van der Waals surface area contributed by atoms with Crippen LogP contribution in [0.1, 0.15) is 26.7 Å². The van der Waals surface area contributed by atoms with Crippen LogP contribution in [0.3, 0.4) is 0 Å². The molecule has 3 heteroatoms. The lowest BCUT2D eigenvalue weighted by Gasteiger charge is -2.23. The van der Waals surface area contributed by atoms with E-state index in [1.807, 2.05) is 13.8 Å². The molecule has 0 atom stereocenters. The lowest BCUT2D eigenvalue weighted by atomic mass is 10.1. The topological polar surface area (TPSA) is 38.3 Å². The van der Waals surface area contributed by atoms with Gasteiger partial charge in [-0.3, -0.25) is 4.79 Å². The Hall–Kier alpha value is -0.410. The van der Waals surface area contributed by atoms with E-state index in [4.69, 9.17) is 4.74 Å². The van der Waals surface area contributed by atoms with Crippen LogP contribution in [0.15, 0.2) is 0 Å². The van der Waals surface area contributed by atoms with Crippen LogP contribution in [0.2, 0.25) is 0 Å². The van der Waals surface area contributed by atoms with Crippen molar-refractivity contribution in [3.63, 3.8) is 0 Å². The second-order valence-electron chi connectivity index (χ2n) is 3.89. The number of ketones is 1. The van der Waals surface area contributed by atoms with Crippen LogP contribution in [0.4, 0.5) is 0 Å². The van der Waals surface area contributed by atoms with Crippen molar-refractivity contribution in [3.8, 4) is 0 Å². The van der Waals surface area contributed by atoms with Crippen molar-refractivity contribution in [2.75, 3.05) is 19.8 Å². The third-order valence-corrected chi connectivity index (χ3v) is 2.43. The summed E-state index contributed by atoms with van der Waals surface area (Å²) in [6.07, 6.45) is 2.07. The molecule has 0 aromatic heterocycles. The van der Waals surface area contributed by atoms with E-state index in [-0.39, 0.29) is 5.92 Å². The van der Waals surface area contributed by atoms with Crippen molar-refractivity contribution in [1.82, 2.24) is 5.32 Å². The van der Waals surface area contributed by atoms with Crippen LogP contribution in [0, 0.1) is 5.92 Å². The minimum atomic E-state index is 0.146. The third-order valence-electron chi connectivity index (χ3n) is 2.43. The van der Waals surface area contributed by atoms with Gasteiger partial charge in [-0.1, -0.05) is 13.8 Å². The lowest BCUT2D eigenvalue weighted by molar-refractivity contribution is -0.121. The second kappa shape index (κ2) is 5.35. The summed E-state index contributed by atoms with van der Waals surface area (Å²) in [5.74, 6) is 0.443. The molecule has 0 saturated carbocycles. The van der Waals surface area contributed by atoms with Gasteiger partial charge in [0.15, 0.2) is 0 Å². The monoisotopic (exact) mass is 185 g/mol. The maximum absolute atomic E-state index is 11.3. The van der Waals surface area contributed by atoms with E-state index in [2.05, 4.69) is 5.32 Å². The first kappa shape index (κ1) is 10.7. The quantitative estimate of drug-likeness (QED) is 0.709. The fraction of sp³-hybridized carbons (Fsp3) is 0.900. The molecule has 0 aromatic carbocycles. The van der Waals surface area contributed by atoms with Crippen molar-refractivity contribution in [1.29, 1.82) is 0 Å². The predicted molar refractivity (Wildman–Crippen MR) is 51.7 cm³/mol. The van der Waals surface area contributed by atoms with E-state index < -0.39 is 0 Å². The molecule has 0 unspecified atom stereocenters. The molecule has 76 valence electrons. The second-order valence-corrected chi connectivity index (χ2v) is 3.89. The number of carbonyl (C=O) groups excluding carboxylic acids is 1. The van der Waals surface area contributed by atoms with Crippen LogP contribution in [-0.2, 0) is 9.53 Å². The van der Waals surface area contributed by atoms with Crippen LogP contribution >= 0.6 is 0 Å². The summed E-state index contributed by atoms with van der Waals surface area (Å²) in [6.45, 7) is 6.05. The maximum atomic E-state index is 11.3. The minimum Gasteiger partial charge on any atom is -0.381 e. The molecule has 1 rings (SSSR count). The first-order valence-corrected chi connectivity index (χ1v) is 5.04. The number of carbonyl (C=O) groups is 1. The molecule has 1 fully saturated rings. The Labute approximate surface area is 79.8 Å². The van der Waals surface area contributed by atoms with E-state index >= 15 is 0 Å². The van der Waals surface area contributed by atoms with Crippen molar-refractivity contribution in [2.24, 2.45) is 5.92 Å². The van der Waals surface area contributed by atoms with Crippen molar-refractivity contribution < 1.29 is 9.53 Å². The Morgan fingerprint density at radius 2 is 2.08 bits per heavy atom. The number of Topliss-reactive ketones (excluding diaryl/α,β-unsaturated/α-hetero) is 1. The molecule has 0 spiro atoms. The van der Waals surface area contributed by atoms with Gasteiger partial charge < -0.3 is 10.1 Å². The average molecular weight is 185 g/mol. The summed E-state index contributed by atoms with van der Waals surface area (Å²) in [5.41, 5.74) is 0. The fourth-order valence-electron chi connectivity index (χ4n) is 1.35. The van der Waals surface area contributed by atoms with Crippen LogP contribution in [-0.4, -0.2) is 31.6 Å². The highest BCUT2D eigenvalue weighted by atomic mass is 16.5. The van der Waals surface area contributed by atoms with Crippen molar-refractivity contribution >= 4 is 5.78 Å². The van der Waals surface area contributed by atoms with Crippen LogP contribution < -0.4 is 5.32 Å². The van der Waals surface area contributed by atoms with Crippen LogP contribution in [0.5, 0.6) is 0 Å². The molecule has 0 radical (unpaired) electrons. The SMILES string of the molecule is CC(C)C(=O)CNC1CCOCC1. The summed E-state index contributed by atoms with van der Waals surface area (Å²) < 4.78 is 5.23.